The molecule has 0 aliphatic rings. The van der Waals surface area contributed by atoms with E-state index in [2.05, 4.69) is 10.6 Å². The van der Waals surface area contributed by atoms with Gasteiger partial charge in [-0.05, 0) is 54.8 Å². The van der Waals surface area contributed by atoms with Crippen LogP contribution in [0.2, 0.25) is 5.02 Å². The highest BCUT2D eigenvalue weighted by Gasteiger charge is 2.25. The van der Waals surface area contributed by atoms with Gasteiger partial charge in [0.15, 0.2) is 0 Å². The van der Waals surface area contributed by atoms with Crippen molar-refractivity contribution in [3.05, 3.63) is 64.2 Å². The van der Waals surface area contributed by atoms with Crippen LogP contribution in [-0.4, -0.2) is 30.9 Å². The fourth-order valence-electron chi connectivity index (χ4n) is 2.67. The molecule has 0 aliphatic carbocycles. The number of carbonyl (C=O) groups excluding carboxylic acids is 3. The Hall–Kier alpha value is -2.86. The number of hydrogen-bond donors (Lipinski definition) is 2. The normalized spacial score (nSPS) is 11.6. The molecule has 0 radical (unpaired) electrons. The van der Waals surface area contributed by atoms with Crippen molar-refractivity contribution in [2.24, 2.45) is 5.92 Å². The van der Waals surface area contributed by atoms with Gasteiger partial charge >= 0.3 is 5.97 Å². The van der Waals surface area contributed by atoms with Gasteiger partial charge in [0.25, 0.3) is 5.91 Å². The summed E-state index contributed by atoms with van der Waals surface area (Å²) in [6.45, 7) is 5.40. The molecule has 28 heavy (non-hydrogen) atoms. The molecule has 2 rings (SSSR count). The first-order valence-electron chi connectivity index (χ1n) is 8.79. The molecule has 2 N–H and O–H groups in total. The number of benzene rings is 2. The summed E-state index contributed by atoms with van der Waals surface area (Å²) >= 11 is 5.84. The smallest absolute Gasteiger partial charge is 0.338 e. The Morgan fingerprint density at radius 2 is 1.68 bits per heavy atom. The van der Waals surface area contributed by atoms with Crippen LogP contribution < -0.4 is 10.6 Å². The van der Waals surface area contributed by atoms with Crippen LogP contribution in [0.15, 0.2) is 42.5 Å². The van der Waals surface area contributed by atoms with Crippen molar-refractivity contribution in [3.8, 4) is 0 Å². The number of anilines is 1. The molecule has 0 spiro atoms. The number of carbonyl (C=O) groups is 3. The molecule has 2 aromatic carbocycles. The van der Waals surface area contributed by atoms with Gasteiger partial charge in [0.1, 0.15) is 6.04 Å². The number of esters is 1. The molecule has 6 nitrogen and oxygen atoms in total. The number of halogens is 1. The first-order valence-corrected chi connectivity index (χ1v) is 9.17. The van der Waals surface area contributed by atoms with Crippen LogP contribution in [0.3, 0.4) is 0 Å². The topological polar surface area (TPSA) is 84.5 Å². The molecule has 0 aromatic heterocycles. The van der Waals surface area contributed by atoms with E-state index in [4.69, 9.17) is 16.3 Å². The van der Waals surface area contributed by atoms with E-state index in [9.17, 15) is 14.4 Å². The molecule has 1 atom stereocenters. The van der Waals surface area contributed by atoms with E-state index in [1.54, 1.807) is 49.4 Å². The molecule has 0 saturated carbocycles. The fraction of sp³-hybridized carbons (Fsp3) is 0.286. The minimum Gasteiger partial charge on any atom is -0.465 e. The quantitative estimate of drug-likeness (QED) is 0.719. The zero-order valence-electron chi connectivity index (χ0n) is 16.2. The summed E-state index contributed by atoms with van der Waals surface area (Å²) in [6, 6.07) is 10.6. The maximum atomic E-state index is 12.8. The monoisotopic (exact) mass is 402 g/mol. The Kier molecular flexibility index (Phi) is 7.18. The second-order valence-corrected chi connectivity index (χ2v) is 7.10. The largest absolute Gasteiger partial charge is 0.465 e. The lowest BCUT2D eigenvalue weighted by Crippen LogP contribution is -2.47. The number of nitrogens with one attached hydrogen (secondary N) is 2. The van der Waals surface area contributed by atoms with Gasteiger partial charge in [0, 0.05) is 16.3 Å². The van der Waals surface area contributed by atoms with E-state index in [0.29, 0.717) is 27.4 Å². The third-order valence-electron chi connectivity index (χ3n) is 4.34. The Labute approximate surface area is 169 Å². The zero-order valence-corrected chi connectivity index (χ0v) is 17.0. The zero-order chi connectivity index (χ0) is 20.8. The Bertz CT molecular complexity index is 878. The van der Waals surface area contributed by atoms with Crippen LogP contribution in [0.4, 0.5) is 5.69 Å². The lowest BCUT2D eigenvalue weighted by Gasteiger charge is -2.22. The predicted molar refractivity (Wildman–Crippen MR) is 109 cm³/mol. The highest BCUT2D eigenvalue weighted by atomic mass is 35.5. The predicted octanol–water partition coefficient (Wildman–Crippen LogP) is 3.83. The Morgan fingerprint density at radius 1 is 1.04 bits per heavy atom. The number of methoxy groups -OCH3 is 1. The molecule has 1 unspecified atom stereocenters. The maximum Gasteiger partial charge on any atom is 0.338 e. The summed E-state index contributed by atoms with van der Waals surface area (Å²) in [7, 11) is 1.30. The van der Waals surface area contributed by atoms with Crippen molar-refractivity contribution in [2.75, 3.05) is 12.4 Å². The van der Waals surface area contributed by atoms with E-state index in [1.165, 1.54) is 7.11 Å². The number of ether oxygens (including phenoxy) is 1. The van der Waals surface area contributed by atoms with Crippen LogP contribution >= 0.6 is 11.6 Å². The van der Waals surface area contributed by atoms with Crippen molar-refractivity contribution in [1.82, 2.24) is 5.32 Å². The van der Waals surface area contributed by atoms with Crippen LogP contribution in [-0.2, 0) is 9.53 Å². The summed E-state index contributed by atoms with van der Waals surface area (Å²) < 4.78 is 4.75. The van der Waals surface area contributed by atoms with Crippen molar-refractivity contribution in [3.63, 3.8) is 0 Å². The third-order valence-corrected chi connectivity index (χ3v) is 4.59. The summed E-state index contributed by atoms with van der Waals surface area (Å²) in [4.78, 5) is 37.1. The second-order valence-electron chi connectivity index (χ2n) is 6.66. The lowest BCUT2D eigenvalue weighted by atomic mass is 10.0. The molecule has 148 valence electrons. The van der Waals surface area contributed by atoms with Crippen LogP contribution in [0.1, 0.15) is 40.1 Å². The molecule has 0 bridgehead atoms. The fourth-order valence-corrected chi connectivity index (χ4v) is 2.80. The third kappa shape index (κ3) is 5.10. The molecule has 0 heterocycles. The van der Waals surface area contributed by atoms with Gasteiger partial charge < -0.3 is 15.4 Å². The van der Waals surface area contributed by atoms with Crippen molar-refractivity contribution in [2.45, 2.75) is 26.8 Å². The summed E-state index contributed by atoms with van der Waals surface area (Å²) in [5.41, 5.74) is 1.85. The molecule has 2 amide bonds. The van der Waals surface area contributed by atoms with Crippen LogP contribution in [0, 0.1) is 12.8 Å². The molecule has 0 fully saturated rings. The Balaban J connectivity index is 2.18. The van der Waals surface area contributed by atoms with E-state index in [-0.39, 0.29) is 17.7 Å². The SMILES string of the molecule is COC(=O)c1cccc(NC(=O)C(NC(=O)c2ccc(Cl)cc2)C(C)C)c1C. The maximum absolute atomic E-state index is 12.8. The average molecular weight is 403 g/mol. The van der Waals surface area contributed by atoms with E-state index >= 15 is 0 Å². The first-order chi connectivity index (χ1) is 13.2. The van der Waals surface area contributed by atoms with Gasteiger partial charge in [-0.15, -0.1) is 0 Å². The Morgan fingerprint density at radius 3 is 2.25 bits per heavy atom. The minimum absolute atomic E-state index is 0.152. The molecular weight excluding hydrogens is 380 g/mol. The second kappa shape index (κ2) is 9.37. The van der Waals surface area contributed by atoms with Gasteiger partial charge in [-0.2, -0.15) is 0 Å². The van der Waals surface area contributed by atoms with Crippen molar-refractivity contribution in [1.29, 1.82) is 0 Å². The van der Waals surface area contributed by atoms with Crippen molar-refractivity contribution < 1.29 is 19.1 Å². The van der Waals surface area contributed by atoms with Gasteiger partial charge in [0.2, 0.25) is 5.91 Å². The average Bonchev–Trinajstić information content (AvgIpc) is 2.67. The number of hydrogen-bond acceptors (Lipinski definition) is 4. The molecular formula is C21H23ClN2O4. The summed E-state index contributed by atoms with van der Waals surface area (Å²) in [5, 5.41) is 6.07. The van der Waals surface area contributed by atoms with Gasteiger partial charge in [-0.1, -0.05) is 31.5 Å². The van der Waals surface area contributed by atoms with Crippen LogP contribution in [0.25, 0.3) is 0 Å². The van der Waals surface area contributed by atoms with E-state index < -0.39 is 12.0 Å². The summed E-state index contributed by atoms with van der Waals surface area (Å²) in [6.07, 6.45) is 0. The molecule has 0 saturated heterocycles. The first kappa shape index (κ1) is 21.4. The lowest BCUT2D eigenvalue weighted by molar-refractivity contribution is -0.118. The molecule has 2 aromatic rings. The number of amides is 2. The highest BCUT2D eigenvalue weighted by molar-refractivity contribution is 6.30. The minimum atomic E-state index is -0.760. The van der Waals surface area contributed by atoms with Gasteiger partial charge in [-0.25, -0.2) is 4.79 Å². The number of rotatable bonds is 6. The summed E-state index contributed by atoms with van der Waals surface area (Å²) in [5.74, 6) is -1.38. The van der Waals surface area contributed by atoms with Gasteiger partial charge in [-0.3, -0.25) is 9.59 Å². The standard InChI is InChI=1S/C21H23ClN2O4/c1-12(2)18(24-19(25)14-8-10-15(22)11-9-14)20(26)23-17-7-5-6-16(13(17)3)21(27)28-4/h5-12,18H,1-4H3,(H,23,26)(H,24,25). The van der Waals surface area contributed by atoms with E-state index in [1.807, 2.05) is 13.8 Å². The van der Waals surface area contributed by atoms with E-state index in [0.717, 1.165) is 0 Å². The molecule has 7 heteroatoms. The van der Waals surface area contributed by atoms with Gasteiger partial charge in [0.05, 0.1) is 12.7 Å². The van der Waals surface area contributed by atoms with Crippen molar-refractivity contribution >= 4 is 35.1 Å². The highest BCUT2D eigenvalue weighted by Crippen LogP contribution is 2.20. The van der Waals surface area contributed by atoms with Crippen LogP contribution in [0.5, 0.6) is 0 Å². The molecule has 0 aliphatic heterocycles.